The van der Waals surface area contributed by atoms with E-state index in [0.717, 1.165) is 31.9 Å². The Kier molecular flexibility index (Phi) is 6.51. The molecule has 3 rings (SSSR count). The van der Waals surface area contributed by atoms with Crippen molar-refractivity contribution in [2.75, 3.05) is 7.11 Å². The SMILES string of the molecule is COc1ccc(/C=C/C(=O)c2cc(C)nn2C)cc1COc1ccc(I)cc1. The summed E-state index contributed by atoms with van der Waals surface area (Å²) in [7, 11) is 3.40. The molecule has 0 saturated carbocycles. The smallest absolute Gasteiger partial charge is 0.203 e. The number of aryl methyl sites for hydroxylation is 2. The predicted octanol–water partition coefficient (Wildman–Crippen LogP) is 4.82. The molecule has 1 heterocycles. The fourth-order valence-electron chi connectivity index (χ4n) is 2.81. The second-order valence-electron chi connectivity index (χ2n) is 6.31. The Labute approximate surface area is 178 Å². The monoisotopic (exact) mass is 488 g/mol. The van der Waals surface area contributed by atoms with Gasteiger partial charge in [0.2, 0.25) is 5.78 Å². The average molecular weight is 488 g/mol. The molecule has 0 saturated heterocycles. The Bertz CT molecular complexity index is 1010. The van der Waals surface area contributed by atoms with E-state index in [1.807, 2.05) is 49.4 Å². The Balaban J connectivity index is 1.75. The predicted molar refractivity (Wildman–Crippen MR) is 118 cm³/mol. The molecule has 3 aromatic rings. The molecule has 0 aliphatic carbocycles. The molecule has 0 N–H and O–H groups in total. The zero-order valence-corrected chi connectivity index (χ0v) is 18.1. The molecule has 1 aromatic heterocycles. The van der Waals surface area contributed by atoms with Crippen LogP contribution in [0, 0.1) is 10.5 Å². The third-order valence-corrected chi connectivity index (χ3v) is 4.91. The minimum absolute atomic E-state index is 0.0874. The summed E-state index contributed by atoms with van der Waals surface area (Å²) < 4.78 is 14.1. The standard InChI is InChI=1S/C22H21IN2O3/c1-15-12-20(25(2)24-15)21(26)10-4-16-5-11-22(27-3)17(13-16)14-28-19-8-6-18(23)7-9-19/h4-13H,14H2,1-3H3/b10-4+. The highest BCUT2D eigenvalue weighted by atomic mass is 127. The van der Waals surface area contributed by atoms with E-state index in [2.05, 4.69) is 27.7 Å². The van der Waals surface area contributed by atoms with E-state index in [4.69, 9.17) is 9.47 Å². The van der Waals surface area contributed by atoms with Crippen LogP contribution in [0.4, 0.5) is 0 Å². The van der Waals surface area contributed by atoms with E-state index in [9.17, 15) is 4.79 Å². The van der Waals surface area contributed by atoms with Crippen molar-refractivity contribution in [1.82, 2.24) is 9.78 Å². The number of hydrogen-bond acceptors (Lipinski definition) is 4. The van der Waals surface area contributed by atoms with E-state index in [-0.39, 0.29) is 5.78 Å². The van der Waals surface area contributed by atoms with Crippen molar-refractivity contribution in [2.24, 2.45) is 7.05 Å². The van der Waals surface area contributed by atoms with Gasteiger partial charge in [0.1, 0.15) is 23.8 Å². The number of halogens is 1. The van der Waals surface area contributed by atoms with Gasteiger partial charge in [-0.25, -0.2) is 0 Å². The van der Waals surface area contributed by atoms with Crippen LogP contribution in [0.3, 0.4) is 0 Å². The van der Waals surface area contributed by atoms with Crippen molar-refractivity contribution in [3.63, 3.8) is 0 Å². The van der Waals surface area contributed by atoms with Crippen LogP contribution in [0.5, 0.6) is 11.5 Å². The van der Waals surface area contributed by atoms with Crippen LogP contribution < -0.4 is 9.47 Å². The highest BCUT2D eigenvalue weighted by Crippen LogP contribution is 2.23. The van der Waals surface area contributed by atoms with Gasteiger partial charge in [-0.15, -0.1) is 0 Å². The molecule has 144 valence electrons. The molecule has 2 aromatic carbocycles. The molecular formula is C22H21IN2O3. The lowest BCUT2D eigenvalue weighted by atomic mass is 10.1. The number of methoxy groups -OCH3 is 1. The molecular weight excluding hydrogens is 467 g/mol. The van der Waals surface area contributed by atoms with Gasteiger partial charge in [0.05, 0.1) is 12.8 Å². The van der Waals surface area contributed by atoms with Crippen LogP contribution in [0.25, 0.3) is 6.08 Å². The summed E-state index contributed by atoms with van der Waals surface area (Å²) >= 11 is 2.26. The fraction of sp³-hybridized carbons (Fsp3) is 0.182. The number of benzene rings is 2. The lowest BCUT2D eigenvalue weighted by Crippen LogP contribution is -2.04. The summed E-state index contributed by atoms with van der Waals surface area (Å²) in [5.74, 6) is 1.46. The molecule has 5 nitrogen and oxygen atoms in total. The average Bonchev–Trinajstić information content (AvgIpc) is 3.04. The summed E-state index contributed by atoms with van der Waals surface area (Å²) in [6.07, 6.45) is 3.35. The number of ketones is 1. The van der Waals surface area contributed by atoms with Gasteiger partial charge in [-0.2, -0.15) is 5.10 Å². The van der Waals surface area contributed by atoms with Crippen LogP contribution in [0.2, 0.25) is 0 Å². The summed E-state index contributed by atoms with van der Waals surface area (Å²) in [4.78, 5) is 12.4. The van der Waals surface area contributed by atoms with E-state index in [1.54, 1.807) is 37.1 Å². The lowest BCUT2D eigenvalue weighted by Gasteiger charge is -2.11. The summed E-state index contributed by atoms with van der Waals surface area (Å²) in [5.41, 5.74) is 3.18. The molecule has 0 aliphatic heterocycles. The zero-order chi connectivity index (χ0) is 20.1. The van der Waals surface area contributed by atoms with Crippen molar-refractivity contribution in [3.05, 3.63) is 80.7 Å². The van der Waals surface area contributed by atoms with Crippen LogP contribution in [-0.4, -0.2) is 22.7 Å². The van der Waals surface area contributed by atoms with Crippen molar-refractivity contribution >= 4 is 34.5 Å². The summed E-state index contributed by atoms with van der Waals surface area (Å²) in [6, 6.07) is 15.4. The minimum atomic E-state index is -0.0874. The summed E-state index contributed by atoms with van der Waals surface area (Å²) in [5, 5.41) is 4.21. The Morgan fingerprint density at radius 3 is 2.57 bits per heavy atom. The van der Waals surface area contributed by atoms with E-state index < -0.39 is 0 Å². The second-order valence-corrected chi connectivity index (χ2v) is 7.55. The molecule has 0 radical (unpaired) electrons. The first-order chi connectivity index (χ1) is 13.5. The van der Waals surface area contributed by atoms with E-state index in [0.29, 0.717) is 12.3 Å². The number of rotatable bonds is 7. The van der Waals surface area contributed by atoms with E-state index >= 15 is 0 Å². The number of carbonyl (C=O) groups excluding carboxylic acids is 1. The van der Waals surface area contributed by atoms with Crippen LogP contribution in [-0.2, 0) is 13.7 Å². The maximum absolute atomic E-state index is 12.4. The molecule has 0 bridgehead atoms. The fourth-order valence-corrected chi connectivity index (χ4v) is 3.16. The van der Waals surface area contributed by atoms with Gasteiger partial charge in [0, 0.05) is 16.2 Å². The van der Waals surface area contributed by atoms with Gasteiger partial charge in [-0.3, -0.25) is 9.48 Å². The largest absolute Gasteiger partial charge is 0.496 e. The first-order valence-electron chi connectivity index (χ1n) is 8.74. The molecule has 6 heteroatoms. The van der Waals surface area contributed by atoms with Crippen LogP contribution >= 0.6 is 22.6 Å². The van der Waals surface area contributed by atoms with Gasteiger partial charge in [-0.1, -0.05) is 12.1 Å². The lowest BCUT2D eigenvalue weighted by molar-refractivity contribution is 0.103. The zero-order valence-electron chi connectivity index (χ0n) is 16.0. The highest BCUT2D eigenvalue weighted by molar-refractivity contribution is 14.1. The maximum atomic E-state index is 12.4. The van der Waals surface area contributed by atoms with Gasteiger partial charge in [0.25, 0.3) is 0 Å². The molecule has 28 heavy (non-hydrogen) atoms. The first kappa shape index (κ1) is 20.1. The van der Waals surface area contributed by atoms with Crippen LogP contribution in [0.15, 0.2) is 54.6 Å². The normalized spacial score (nSPS) is 11.0. The van der Waals surface area contributed by atoms with Gasteiger partial charge < -0.3 is 9.47 Å². The van der Waals surface area contributed by atoms with Gasteiger partial charge in [-0.05, 0) is 83.6 Å². The van der Waals surface area contributed by atoms with Crippen molar-refractivity contribution in [2.45, 2.75) is 13.5 Å². The van der Waals surface area contributed by atoms with Gasteiger partial charge >= 0.3 is 0 Å². The van der Waals surface area contributed by atoms with Crippen LogP contribution in [0.1, 0.15) is 27.3 Å². The number of hydrogen-bond donors (Lipinski definition) is 0. The highest BCUT2D eigenvalue weighted by Gasteiger charge is 2.09. The molecule has 0 amide bonds. The quantitative estimate of drug-likeness (QED) is 0.272. The topological polar surface area (TPSA) is 53.3 Å². The maximum Gasteiger partial charge on any atom is 0.203 e. The Morgan fingerprint density at radius 2 is 1.93 bits per heavy atom. The third-order valence-electron chi connectivity index (χ3n) is 4.19. The second kappa shape index (κ2) is 9.05. The Morgan fingerprint density at radius 1 is 1.18 bits per heavy atom. The molecule has 0 fully saturated rings. The number of aromatic nitrogens is 2. The van der Waals surface area contributed by atoms with Gasteiger partial charge in [0.15, 0.2) is 0 Å². The number of carbonyl (C=O) groups is 1. The number of nitrogens with zero attached hydrogens (tertiary/aromatic N) is 2. The number of allylic oxidation sites excluding steroid dienone is 1. The van der Waals surface area contributed by atoms with Crippen molar-refractivity contribution in [1.29, 1.82) is 0 Å². The molecule has 0 spiro atoms. The van der Waals surface area contributed by atoms with Crippen molar-refractivity contribution in [3.8, 4) is 11.5 Å². The molecule has 0 aliphatic rings. The van der Waals surface area contributed by atoms with Crippen molar-refractivity contribution < 1.29 is 14.3 Å². The molecule has 0 unspecified atom stereocenters. The summed E-state index contributed by atoms with van der Waals surface area (Å²) in [6.45, 7) is 2.24. The number of ether oxygens (including phenoxy) is 2. The third kappa shape index (κ3) is 5.01. The first-order valence-corrected chi connectivity index (χ1v) is 9.82. The molecule has 0 atom stereocenters. The van der Waals surface area contributed by atoms with E-state index in [1.165, 1.54) is 0 Å². The Hall–Kier alpha value is -2.61. The minimum Gasteiger partial charge on any atom is -0.496 e.